The lowest BCUT2D eigenvalue weighted by atomic mass is 9.86. The summed E-state index contributed by atoms with van der Waals surface area (Å²) in [6, 6.07) is 19.6. The van der Waals surface area contributed by atoms with Gasteiger partial charge in [-0.3, -0.25) is 9.97 Å². The van der Waals surface area contributed by atoms with E-state index in [9.17, 15) is 0 Å². The Labute approximate surface area is 184 Å². The first-order valence-corrected chi connectivity index (χ1v) is 11.6. The zero-order chi connectivity index (χ0) is 21.3. The summed E-state index contributed by atoms with van der Waals surface area (Å²) in [5.74, 6) is 0.977. The molecule has 4 aromatic rings. The van der Waals surface area contributed by atoms with Crippen LogP contribution in [-0.2, 0) is 11.8 Å². The first-order chi connectivity index (χ1) is 14.4. The third-order valence-corrected chi connectivity index (χ3v) is 7.74. The van der Waals surface area contributed by atoms with Gasteiger partial charge in [0, 0.05) is 32.9 Å². The van der Waals surface area contributed by atoms with Crippen molar-refractivity contribution in [1.29, 1.82) is 0 Å². The van der Waals surface area contributed by atoms with Crippen molar-refractivity contribution in [2.75, 3.05) is 0 Å². The van der Waals surface area contributed by atoms with Crippen LogP contribution in [-0.4, -0.2) is 9.97 Å². The van der Waals surface area contributed by atoms with Gasteiger partial charge < -0.3 is 0 Å². The molecule has 0 amide bonds. The van der Waals surface area contributed by atoms with E-state index in [-0.39, 0.29) is 5.41 Å². The van der Waals surface area contributed by atoms with Crippen molar-refractivity contribution in [3.8, 4) is 0 Å². The number of hydrogen-bond acceptors (Lipinski definition) is 3. The van der Waals surface area contributed by atoms with Crippen LogP contribution < -0.4 is 0 Å². The van der Waals surface area contributed by atoms with Crippen LogP contribution in [0.5, 0.6) is 0 Å². The Morgan fingerprint density at radius 2 is 1.73 bits per heavy atom. The lowest BCUT2D eigenvalue weighted by molar-refractivity contribution is 0.628. The zero-order valence-corrected chi connectivity index (χ0v) is 19.3. The molecule has 1 aromatic carbocycles. The molecular formula is C27H30N2S. The molecule has 30 heavy (non-hydrogen) atoms. The van der Waals surface area contributed by atoms with Crippen LogP contribution >= 0.6 is 11.3 Å². The number of thiophene rings is 1. The van der Waals surface area contributed by atoms with E-state index in [1.165, 1.54) is 26.3 Å². The second kappa shape index (κ2) is 8.31. The van der Waals surface area contributed by atoms with Gasteiger partial charge in [0.1, 0.15) is 0 Å². The molecule has 3 aromatic heterocycles. The molecule has 3 heterocycles. The third-order valence-electron chi connectivity index (χ3n) is 6.03. The molecule has 4 rings (SSSR count). The van der Waals surface area contributed by atoms with Gasteiger partial charge in [-0.15, -0.1) is 11.3 Å². The molecule has 0 bridgehead atoms. The molecule has 0 radical (unpaired) electrons. The first kappa shape index (κ1) is 20.7. The Kier molecular flexibility index (Phi) is 5.75. The van der Waals surface area contributed by atoms with Crippen LogP contribution in [0.4, 0.5) is 0 Å². The topological polar surface area (TPSA) is 25.8 Å². The number of nitrogens with zero attached hydrogens (tertiary/aromatic N) is 2. The van der Waals surface area contributed by atoms with Crippen LogP contribution in [0.25, 0.3) is 10.9 Å². The summed E-state index contributed by atoms with van der Waals surface area (Å²) in [5, 5.41) is 1.25. The number of aromatic nitrogens is 2. The molecule has 2 nitrogen and oxygen atoms in total. The third kappa shape index (κ3) is 4.04. The van der Waals surface area contributed by atoms with Crippen LogP contribution in [0, 0.1) is 0 Å². The summed E-state index contributed by atoms with van der Waals surface area (Å²) in [5.41, 5.74) is 4.74. The van der Waals surface area contributed by atoms with Crippen molar-refractivity contribution in [1.82, 2.24) is 9.97 Å². The summed E-state index contributed by atoms with van der Waals surface area (Å²) in [4.78, 5) is 12.2. The molecule has 154 valence electrons. The van der Waals surface area contributed by atoms with Crippen LogP contribution in [0.3, 0.4) is 0 Å². The molecule has 3 heteroatoms. The van der Waals surface area contributed by atoms with E-state index in [0.717, 1.165) is 17.6 Å². The van der Waals surface area contributed by atoms with Crippen LogP contribution in [0.2, 0.25) is 0 Å². The standard InChI is InChI=1S/C27H30N2S/c1-18(2)24-12-14-26(30-24)27(4,5)25-13-11-20(17-29-25)16-19(3)21-8-6-10-23-22(21)9-7-15-28-23/h6-15,17-19H,16H2,1-5H3. The van der Waals surface area contributed by atoms with Crippen molar-refractivity contribution in [2.45, 2.75) is 58.3 Å². The molecule has 0 aliphatic rings. The van der Waals surface area contributed by atoms with E-state index in [0.29, 0.717) is 11.8 Å². The van der Waals surface area contributed by atoms with Gasteiger partial charge in [-0.2, -0.15) is 0 Å². The van der Waals surface area contributed by atoms with Gasteiger partial charge in [0.2, 0.25) is 0 Å². The summed E-state index contributed by atoms with van der Waals surface area (Å²) in [6.45, 7) is 11.3. The fourth-order valence-electron chi connectivity index (χ4n) is 4.06. The van der Waals surface area contributed by atoms with Gasteiger partial charge in [-0.05, 0) is 73.6 Å². The largest absolute Gasteiger partial charge is 0.260 e. The summed E-state index contributed by atoms with van der Waals surface area (Å²) in [6.07, 6.45) is 4.89. The van der Waals surface area contributed by atoms with Gasteiger partial charge in [-0.1, -0.05) is 45.0 Å². The zero-order valence-electron chi connectivity index (χ0n) is 18.5. The molecule has 1 unspecified atom stereocenters. The van der Waals surface area contributed by atoms with E-state index in [2.05, 4.69) is 94.3 Å². The quantitative estimate of drug-likeness (QED) is 0.327. The predicted molar refractivity (Wildman–Crippen MR) is 129 cm³/mol. The predicted octanol–water partition coefficient (Wildman–Crippen LogP) is 7.49. The summed E-state index contributed by atoms with van der Waals surface area (Å²) >= 11 is 1.91. The van der Waals surface area contributed by atoms with Crippen LogP contribution in [0.15, 0.2) is 67.0 Å². The Balaban J connectivity index is 1.54. The maximum absolute atomic E-state index is 4.88. The highest BCUT2D eigenvalue weighted by Crippen LogP contribution is 2.37. The van der Waals surface area contributed by atoms with Crippen molar-refractivity contribution in [2.24, 2.45) is 0 Å². The van der Waals surface area contributed by atoms with E-state index < -0.39 is 0 Å². The molecule has 0 aliphatic carbocycles. The minimum absolute atomic E-state index is 0.0801. The van der Waals surface area contributed by atoms with Crippen molar-refractivity contribution < 1.29 is 0 Å². The minimum atomic E-state index is -0.0801. The molecule has 0 saturated carbocycles. The Morgan fingerprint density at radius 1 is 0.900 bits per heavy atom. The lowest BCUT2D eigenvalue weighted by Gasteiger charge is -2.23. The number of benzene rings is 1. The Bertz CT molecular complexity index is 1130. The first-order valence-electron chi connectivity index (χ1n) is 10.8. The van der Waals surface area contributed by atoms with Crippen molar-refractivity contribution in [3.05, 3.63) is 93.6 Å². The molecule has 0 N–H and O–H groups in total. The number of hydrogen-bond donors (Lipinski definition) is 0. The van der Waals surface area contributed by atoms with Gasteiger partial charge >= 0.3 is 0 Å². The average Bonchev–Trinajstić information content (AvgIpc) is 3.25. The normalized spacial score (nSPS) is 13.1. The maximum atomic E-state index is 4.88. The summed E-state index contributed by atoms with van der Waals surface area (Å²) < 4.78 is 0. The Hall–Kier alpha value is -2.52. The smallest absolute Gasteiger partial charge is 0.0704 e. The minimum Gasteiger partial charge on any atom is -0.260 e. The number of fused-ring (bicyclic) bond motifs is 1. The molecule has 1 atom stereocenters. The van der Waals surface area contributed by atoms with Gasteiger partial charge in [0.15, 0.2) is 0 Å². The molecule has 0 aliphatic heterocycles. The fourth-order valence-corrected chi connectivity index (χ4v) is 5.18. The maximum Gasteiger partial charge on any atom is 0.0704 e. The van der Waals surface area contributed by atoms with E-state index in [1.54, 1.807) is 0 Å². The highest BCUT2D eigenvalue weighted by molar-refractivity contribution is 7.12. The molecule has 0 spiro atoms. The highest BCUT2D eigenvalue weighted by Gasteiger charge is 2.27. The molecule has 0 saturated heterocycles. The van der Waals surface area contributed by atoms with Crippen molar-refractivity contribution >= 4 is 22.2 Å². The van der Waals surface area contributed by atoms with Gasteiger partial charge in [0.05, 0.1) is 11.2 Å². The average molecular weight is 415 g/mol. The van der Waals surface area contributed by atoms with E-state index >= 15 is 0 Å². The van der Waals surface area contributed by atoms with E-state index in [4.69, 9.17) is 4.98 Å². The monoisotopic (exact) mass is 414 g/mol. The second-order valence-corrected chi connectivity index (χ2v) is 10.2. The lowest BCUT2D eigenvalue weighted by Crippen LogP contribution is -2.19. The molecular weight excluding hydrogens is 384 g/mol. The number of rotatable bonds is 6. The highest BCUT2D eigenvalue weighted by atomic mass is 32.1. The Morgan fingerprint density at radius 3 is 2.43 bits per heavy atom. The van der Waals surface area contributed by atoms with E-state index in [1.807, 2.05) is 23.6 Å². The SMILES string of the molecule is CC(C)c1ccc(C(C)(C)c2ccc(CC(C)c3cccc4ncccc34)cn2)s1. The van der Waals surface area contributed by atoms with Crippen molar-refractivity contribution in [3.63, 3.8) is 0 Å². The summed E-state index contributed by atoms with van der Waals surface area (Å²) in [7, 11) is 0. The van der Waals surface area contributed by atoms with Crippen LogP contribution in [0.1, 0.15) is 73.0 Å². The fraction of sp³-hybridized carbons (Fsp3) is 0.333. The van der Waals surface area contributed by atoms with Gasteiger partial charge in [-0.25, -0.2) is 0 Å². The molecule has 0 fully saturated rings. The second-order valence-electron chi connectivity index (χ2n) is 9.06. The van der Waals surface area contributed by atoms with Gasteiger partial charge in [0.25, 0.3) is 0 Å². The number of pyridine rings is 2.